The maximum absolute atomic E-state index is 11.3. The number of amides is 1. The van der Waals surface area contributed by atoms with Crippen molar-refractivity contribution in [2.24, 2.45) is 5.84 Å². The predicted octanol–water partition coefficient (Wildman–Crippen LogP) is 2.04. The van der Waals surface area contributed by atoms with Gasteiger partial charge in [0.1, 0.15) is 5.69 Å². The molecule has 0 aliphatic heterocycles. The Balaban J connectivity index is 2.03. The predicted molar refractivity (Wildman–Crippen MR) is 69.8 cm³/mol. The Kier molecular flexibility index (Phi) is 4.13. The van der Waals surface area contributed by atoms with E-state index in [1.807, 2.05) is 23.6 Å². The van der Waals surface area contributed by atoms with Crippen molar-refractivity contribution in [1.29, 1.82) is 0 Å². The lowest BCUT2D eigenvalue weighted by Gasteiger charge is -2.02. The van der Waals surface area contributed by atoms with Crippen LogP contribution in [0, 0.1) is 0 Å². The number of pyridine rings is 1. The maximum atomic E-state index is 11.3. The van der Waals surface area contributed by atoms with E-state index in [0.29, 0.717) is 5.69 Å². The minimum atomic E-state index is -0.368. The van der Waals surface area contributed by atoms with Crippen LogP contribution in [0.5, 0.6) is 0 Å². The van der Waals surface area contributed by atoms with Crippen LogP contribution >= 0.6 is 23.1 Å². The highest BCUT2D eigenvalue weighted by Gasteiger charge is 2.06. The lowest BCUT2D eigenvalue weighted by atomic mass is 10.3. The van der Waals surface area contributed by atoms with Crippen molar-refractivity contribution in [1.82, 2.24) is 10.4 Å². The molecule has 0 aromatic carbocycles. The van der Waals surface area contributed by atoms with Crippen LogP contribution < -0.4 is 11.3 Å². The topological polar surface area (TPSA) is 68.0 Å². The number of thiophene rings is 1. The molecule has 2 aromatic heterocycles. The second kappa shape index (κ2) is 5.81. The van der Waals surface area contributed by atoms with E-state index in [9.17, 15) is 4.79 Å². The molecule has 0 spiro atoms. The summed E-state index contributed by atoms with van der Waals surface area (Å²) in [5.41, 5.74) is 3.28. The molecule has 1 amide bonds. The highest BCUT2D eigenvalue weighted by Crippen LogP contribution is 2.26. The summed E-state index contributed by atoms with van der Waals surface area (Å²) >= 11 is 3.39. The van der Waals surface area contributed by atoms with Crippen molar-refractivity contribution in [3.63, 3.8) is 0 Å². The van der Waals surface area contributed by atoms with Crippen LogP contribution in [0.2, 0.25) is 0 Å². The Bertz CT molecular complexity index is 499. The van der Waals surface area contributed by atoms with Gasteiger partial charge in [0.2, 0.25) is 0 Å². The molecule has 4 nitrogen and oxygen atoms in total. The molecule has 0 saturated carbocycles. The number of hydrazine groups is 1. The van der Waals surface area contributed by atoms with Crippen LogP contribution in [0.15, 0.2) is 39.9 Å². The molecule has 2 rings (SSSR count). The molecular formula is C11H11N3OS2. The van der Waals surface area contributed by atoms with E-state index in [1.54, 1.807) is 29.2 Å². The van der Waals surface area contributed by atoms with Gasteiger partial charge >= 0.3 is 0 Å². The summed E-state index contributed by atoms with van der Waals surface area (Å²) in [6, 6.07) is 9.42. The number of rotatable bonds is 4. The molecule has 2 aromatic rings. The maximum Gasteiger partial charge on any atom is 0.283 e. The van der Waals surface area contributed by atoms with E-state index in [2.05, 4.69) is 16.5 Å². The molecular weight excluding hydrogens is 254 g/mol. The van der Waals surface area contributed by atoms with Gasteiger partial charge < -0.3 is 0 Å². The molecule has 0 atom stereocenters. The molecule has 6 heteroatoms. The minimum Gasteiger partial charge on any atom is -0.289 e. The van der Waals surface area contributed by atoms with E-state index in [1.165, 1.54) is 4.21 Å². The zero-order valence-electron chi connectivity index (χ0n) is 8.92. The first-order valence-corrected chi connectivity index (χ1v) is 6.79. The average Bonchev–Trinajstić information content (AvgIpc) is 2.89. The van der Waals surface area contributed by atoms with Crippen LogP contribution in [0.1, 0.15) is 16.2 Å². The molecule has 0 unspecified atom stereocenters. The average molecular weight is 265 g/mol. The van der Waals surface area contributed by atoms with Gasteiger partial charge in [-0.25, -0.2) is 10.8 Å². The Morgan fingerprint density at radius 3 is 3.00 bits per heavy atom. The fourth-order valence-corrected chi connectivity index (χ4v) is 2.94. The monoisotopic (exact) mass is 265 g/mol. The number of hydrogen-bond donors (Lipinski definition) is 2. The molecule has 3 N–H and O–H groups in total. The summed E-state index contributed by atoms with van der Waals surface area (Å²) in [5, 5.41) is 2.04. The van der Waals surface area contributed by atoms with Crippen molar-refractivity contribution >= 4 is 29.0 Å². The van der Waals surface area contributed by atoms with E-state index in [-0.39, 0.29) is 5.91 Å². The zero-order valence-corrected chi connectivity index (χ0v) is 10.6. The molecule has 0 fully saturated rings. The normalized spacial score (nSPS) is 10.2. The highest BCUT2D eigenvalue weighted by molar-refractivity contribution is 8.00. The van der Waals surface area contributed by atoms with Crippen LogP contribution in [-0.4, -0.2) is 10.9 Å². The fourth-order valence-electron chi connectivity index (χ4n) is 1.25. The van der Waals surface area contributed by atoms with Gasteiger partial charge in [-0.05, 0) is 23.6 Å². The molecule has 0 aliphatic carbocycles. The van der Waals surface area contributed by atoms with Crippen LogP contribution in [0.25, 0.3) is 0 Å². The number of nitrogen functional groups attached to an aromatic ring is 1. The summed E-state index contributed by atoms with van der Waals surface area (Å²) in [6.45, 7) is 0. The van der Waals surface area contributed by atoms with Crippen molar-refractivity contribution in [3.8, 4) is 0 Å². The van der Waals surface area contributed by atoms with Crippen molar-refractivity contribution in [2.75, 3.05) is 0 Å². The van der Waals surface area contributed by atoms with Crippen molar-refractivity contribution < 1.29 is 4.79 Å². The number of aromatic nitrogens is 1. The Morgan fingerprint density at radius 1 is 1.41 bits per heavy atom. The third-order valence-electron chi connectivity index (χ3n) is 2.03. The first-order chi connectivity index (χ1) is 8.29. The van der Waals surface area contributed by atoms with Gasteiger partial charge in [0.05, 0.1) is 9.90 Å². The second-order valence-corrected chi connectivity index (χ2v) is 5.43. The smallest absolute Gasteiger partial charge is 0.283 e. The Labute approximate surface area is 107 Å². The molecule has 0 radical (unpaired) electrons. The van der Waals surface area contributed by atoms with Gasteiger partial charge in [-0.1, -0.05) is 12.1 Å². The lowest BCUT2D eigenvalue weighted by Crippen LogP contribution is -2.30. The molecule has 88 valence electrons. The standard InChI is InChI=1S/C11H11N3OS2/c12-14-11(15)9-4-1-3-8(13-9)7-17-10-5-2-6-16-10/h1-6H,7,12H2,(H,14,15). The number of nitrogens with two attached hydrogens (primary N) is 1. The first-order valence-electron chi connectivity index (χ1n) is 4.93. The molecule has 0 saturated heterocycles. The minimum absolute atomic E-state index is 0.344. The Morgan fingerprint density at radius 2 is 2.29 bits per heavy atom. The van der Waals surface area contributed by atoms with E-state index in [4.69, 9.17) is 5.84 Å². The van der Waals surface area contributed by atoms with Gasteiger partial charge in [0.25, 0.3) is 5.91 Å². The van der Waals surface area contributed by atoms with Gasteiger partial charge in [0.15, 0.2) is 0 Å². The summed E-state index contributed by atoms with van der Waals surface area (Å²) in [6.07, 6.45) is 0. The summed E-state index contributed by atoms with van der Waals surface area (Å²) in [4.78, 5) is 15.5. The quantitative estimate of drug-likeness (QED) is 0.384. The third-order valence-corrected chi connectivity index (χ3v) is 4.19. The van der Waals surface area contributed by atoms with Gasteiger partial charge in [0, 0.05) is 5.75 Å². The highest BCUT2D eigenvalue weighted by atomic mass is 32.2. The third kappa shape index (κ3) is 3.29. The largest absolute Gasteiger partial charge is 0.289 e. The number of carbonyl (C=O) groups is 1. The summed E-state index contributed by atoms with van der Waals surface area (Å²) in [5.74, 6) is 5.44. The number of carbonyl (C=O) groups excluding carboxylic acids is 1. The van der Waals surface area contributed by atoms with Crippen molar-refractivity contribution in [3.05, 3.63) is 47.1 Å². The van der Waals surface area contributed by atoms with E-state index in [0.717, 1.165) is 11.4 Å². The van der Waals surface area contributed by atoms with Gasteiger partial charge in [-0.15, -0.1) is 23.1 Å². The van der Waals surface area contributed by atoms with Crippen molar-refractivity contribution in [2.45, 2.75) is 9.96 Å². The summed E-state index contributed by atoms with van der Waals surface area (Å²) in [7, 11) is 0. The number of nitrogens with one attached hydrogen (secondary N) is 1. The lowest BCUT2D eigenvalue weighted by molar-refractivity contribution is 0.0948. The second-order valence-electron chi connectivity index (χ2n) is 3.21. The van der Waals surface area contributed by atoms with Crippen LogP contribution in [0.3, 0.4) is 0 Å². The van der Waals surface area contributed by atoms with Gasteiger partial charge in [-0.2, -0.15) is 0 Å². The SMILES string of the molecule is NNC(=O)c1cccc(CSc2cccs2)n1. The molecule has 17 heavy (non-hydrogen) atoms. The molecule has 2 heterocycles. The fraction of sp³-hybridized carbons (Fsp3) is 0.0909. The summed E-state index contributed by atoms with van der Waals surface area (Å²) < 4.78 is 1.24. The first kappa shape index (κ1) is 12.1. The molecule has 0 aliphatic rings. The van der Waals surface area contributed by atoms with E-state index >= 15 is 0 Å². The molecule has 0 bridgehead atoms. The number of hydrogen-bond acceptors (Lipinski definition) is 5. The van der Waals surface area contributed by atoms with Crippen LogP contribution in [-0.2, 0) is 5.75 Å². The van der Waals surface area contributed by atoms with Crippen LogP contribution in [0.4, 0.5) is 0 Å². The van der Waals surface area contributed by atoms with E-state index < -0.39 is 0 Å². The Hall–Kier alpha value is -1.37. The number of thioether (sulfide) groups is 1. The number of nitrogens with zero attached hydrogens (tertiary/aromatic N) is 1. The zero-order chi connectivity index (χ0) is 12.1. The van der Waals surface area contributed by atoms with Gasteiger partial charge in [-0.3, -0.25) is 10.2 Å².